The number of amides is 3. The average Bonchev–Trinajstić information content (AvgIpc) is 1.60. The van der Waals surface area contributed by atoms with Gasteiger partial charge in [0.15, 0.2) is 0 Å². The van der Waals surface area contributed by atoms with Crippen molar-refractivity contribution in [3.8, 4) is 34.2 Å². The SMILES string of the molecule is Fc1ccc(CBr)cc1.O=C(c1ccc2c(c1)nc(-c1cccc3ccccc13)n2Cc1ccc(F)cc1)N1CCOCC1.O=C(c1ccc2nc(-c3cccc4ccccc34)[nH]c2c1)N1CCCCC1.O=C(c1ccc2nc(-c3cccc4ccccc34)n(Cc3ccc(F)cc3)c2c1)N1CCOCC1. The number of nitrogens with zero attached hydrogens (tertiary/aromatic N) is 8. The van der Waals surface area contributed by atoms with Gasteiger partial charge in [0.2, 0.25) is 0 Å². The predicted molar refractivity (Wildman–Crippen MR) is 418 cm³/mol. The van der Waals surface area contributed by atoms with Gasteiger partial charge in [0.05, 0.1) is 59.5 Å². The zero-order valence-electron chi connectivity index (χ0n) is 58.2. The third-order valence-electron chi connectivity index (χ3n) is 19.6. The maximum Gasteiger partial charge on any atom is 0.254 e. The fraction of sp³-hybridized carbons (Fsp3) is 0.182. The van der Waals surface area contributed by atoms with Gasteiger partial charge in [0, 0.05) is 91.1 Å². The number of ether oxygens (including phenoxy) is 2. The molecule has 15 aromatic rings. The molecule has 3 fully saturated rings. The summed E-state index contributed by atoms with van der Waals surface area (Å²) in [5.41, 5.74) is 13.3. The van der Waals surface area contributed by atoms with Crippen molar-refractivity contribution in [2.75, 3.05) is 65.7 Å². The fourth-order valence-electron chi connectivity index (χ4n) is 14.1. The van der Waals surface area contributed by atoms with Crippen LogP contribution < -0.4 is 0 Å². The maximum absolute atomic E-state index is 13.6. The largest absolute Gasteiger partial charge is 0.378 e. The summed E-state index contributed by atoms with van der Waals surface area (Å²) in [7, 11) is 0. The molecule has 0 spiro atoms. The topological polar surface area (TPSA) is 144 Å². The molecule has 3 aromatic heterocycles. The Bertz CT molecular complexity index is 5580. The minimum atomic E-state index is -0.267. The van der Waals surface area contributed by atoms with Crippen LogP contribution in [0.3, 0.4) is 0 Å². The Morgan fingerprint density at radius 1 is 0.377 bits per heavy atom. The summed E-state index contributed by atoms with van der Waals surface area (Å²) in [4.78, 5) is 62.9. The number of halogens is 4. The minimum absolute atomic E-state index is 0.00329. The molecule has 0 aliphatic carbocycles. The Kier molecular flexibility index (Phi) is 21.3. The highest BCUT2D eigenvalue weighted by molar-refractivity contribution is 9.08. The smallest absolute Gasteiger partial charge is 0.254 e. The molecule has 106 heavy (non-hydrogen) atoms. The lowest BCUT2D eigenvalue weighted by Crippen LogP contribution is -2.40. The number of fused-ring (bicyclic) bond motifs is 6. The summed E-state index contributed by atoms with van der Waals surface area (Å²) in [6.07, 6.45) is 3.42. The van der Waals surface area contributed by atoms with Crippen LogP contribution in [0.1, 0.15) is 67.0 Å². The number of carbonyl (C=O) groups is 3. The van der Waals surface area contributed by atoms with Crippen molar-refractivity contribution in [2.24, 2.45) is 0 Å². The van der Waals surface area contributed by atoms with Gasteiger partial charge in [-0.2, -0.15) is 0 Å². The summed E-state index contributed by atoms with van der Waals surface area (Å²) in [6.45, 7) is 7.37. The second-order valence-corrected chi connectivity index (χ2v) is 27.1. The number of aromatic amines is 1. The van der Waals surface area contributed by atoms with E-state index in [0.717, 1.165) is 142 Å². The number of hydrogen-bond acceptors (Lipinski definition) is 8. The summed E-state index contributed by atoms with van der Waals surface area (Å²) in [5, 5.41) is 7.63. The number of imidazole rings is 3. The third-order valence-corrected chi connectivity index (χ3v) is 20.3. The molecule has 1 N–H and O–H groups in total. The molecule has 3 saturated heterocycles. The lowest BCUT2D eigenvalue weighted by atomic mass is 10.0. The molecule has 0 saturated carbocycles. The van der Waals surface area contributed by atoms with E-state index in [0.29, 0.717) is 76.8 Å². The molecule has 3 amide bonds. The van der Waals surface area contributed by atoms with Gasteiger partial charge in [-0.15, -0.1) is 0 Å². The van der Waals surface area contributed by atoms with E-state index in [9.17, 15) is 27.6 Å². The lowest BCUT2D eigenvalue weighted by molar-refractivity contribution is 0.0301. The number of hydrogen-bond donors (Lipinski definition) is 1. The number of nitrogens with one attached hydrogen (secondary N) is 1. The van der Waals surface area contributed by atoms with Crippen LogP contribution in [0.5, 0.6) is 0 Å². The average molecular weight is 1480 g/mol. The van der Waals surface area contributed by atoms with Crippen molar-refractivity contribution >= 4 is 99.1 Å². The van der Waals surface area contributed by atoms with Crippen molar-refractivity contribution in [3.63, 3.8) is 0 Å². The van der Waals surface area contributed by atoms with E-state index in [4.69, 9.17) is 24.4 Å². The van der Waals surface area contributed by atoms with E-state index >= 15 is 0 Å². The van der Waals surface area contributed by atoms with Crippen LogP contribution in [0.2, 0.25) is 0 Å². The highest BCUT2D eigenvalue weighted by atomic mass is 79.9. The van der Waals surface area contributed by atoms with Gasteiger partial charge in [0.25, 0.3) is 17.7 Å². The van der Waals surface area contributed by atoms with E-state index in [1.54, 1.807) is 36.4 Å². The van der Waals surface area contributed by atoms with Crippen molar-refractivity contribution in [3.05, 3.63) is 306 Å². The number of piperidine rings is 1. The second-order valence-electron chi connectivity index (χ2n) is 26.5. The molecule has 18 heteroatoms. The van der Waals surface area contributed by atoms with Crippen molar-refractivity contribution in [2.45, 2.75) is 37.7 Å². The van der Waals surface area contributed by atoms with E-state index in [1.807, 2.05) is 118 Å². The molecule has 18 rings (SSSR count). The molecule has 0 atom stereocenters. The molecule has 6 heterocycles. The Hall–Kier alpha value is -11.6. The molecule has 14 nitrogen and oxygen atoms in total. The van der Waals surface area contributed by atoms with Crippen LogP contribution in [-0.4, -0.2) is 127 Å². The van der Waals surface area contributed by atoms with Gasteiger partial charge in [-0.25, -0.2) is 28.1 Å². The van der Waals surface area contributed by atoms with Crippen LogP contribution in [0.4, 0.5) is 13.2 Å². The summed E-state index contributed by atoms with van der Waals surface area (Å²) in [6, 6.07) is 80.1. The van der Waals surface area contributed by atoms with Crippen LogP contribution in [-0.2, 0) is 27.9 Å². The van der Waals surface area contributed by atoms with Gasteiger partial charge in [-0.3, -0.25) is 14.4 Å². The number of H-pyrrole nitrogens is 1. The predicted octanol–water partition coefficient (Wildman–Crippen LogP) is 18.8. The Morgan fingerprint density at radius 2 is 0.783 bits per heavy atom. The Labute approximate surface area is 619 Å². The Morgan fingerprint density at radius 3 is 1.29 bits per heavy atom. The maximum atomic E-state index is 13.6. The van der Waals surface area contributed by atoms with Gasteiger partial charge in [0.1, 0.15) is 34.9 Å². The number of benzene rings is 12. The number of rotatable bonds is 11. The van der Waals surface area contributed by atoms with E-state index in [1.165, 1.54) is 53.6 Å². The van der Waals surface area contributed by atoms with Crippen LogP contribution in [0, 0.1) is 17.5 Å². The summed E-state index contributed by atoms with van der Waals surface area (Å²) >= 11 is 3.26. The third kappa shape index (κ3) is 15.6. The van der Waals surface area contributed by atoms with Crippen molar-refractivity contribution < 1.29 is 37.0 Å². The quantitative estimate of drug-likeness (QED) is 0.126. The first-order valence-corrected chi connectivity index (χ1v) is 36.9. The lowest BCUT2D eigenvalue weighted by Gasteiger charge is -2.26. The number of aromatic nitrogens is 6. The first-order valence-electron chi connectivity index (χ1n) is 35.7. The molecular formula is C88H75BrF3N9O5. The molecular weight excluding hydrogens is 1400 g/mol. The number of morpholine rings is 2. The normalized spacial score (nSPS) is 13.8. The first-order chi connectivity index (χ1) is 52.0. The molecule has 0 bridgehead atoms. The van der Waals surface area contributed by atoms with E-state index < -0.39 is 0 Å². The highest BCUT2D eigenvalue weighted by Gasteiger charge is 2.25. The van der Waals surface area contributed by atoms with Crippen LogP contribution in [0.15, 0.2) is 255 Å². The monoisotopic (exact) mass is 1470 g/mol. The fourth-order valence-corrected chi connectivity index (χ4v) is 14.5. The van der Waals surface area contributed by atoms with Gasteiger partial charge >= 0.3 is 0 Å². The molecule has 530 valence electrons. The summed E-state index contributed by atoms with van der Waals surface area (Å²) in [5.74, 6) is 1.88. The zero-order valence-corrected chi connectivity index (χ0v) is 59.8. The van der Waals surface area contributed by atoms with Crippen molar-refractivity contribution in [1.82, 2.24) is 43.8 Å². The number of carbonyl (C=O) groups excluding carboxylic acids is 3. The Balaban J connectivity index is 0.000000121. The van der Waals surface area contributed by atoms with E-state index in [-0.39, 0.29) is 35.2 Å². The number of alkyl halides is 1. The highest BCUT2D eigenvalue weighted by Crippen LogP contribution is 2.36. The second kappa shape index (κ2) is 32.2. The van der Waals surface area contributed by atoms with Gasteiger partial charge in [-0.05, 0) is 159 Å². The van der Waals surface area contributed by atoms with E-state index in [2.05, 4.69) is 109 Å². The van der Waals surface area contributed by atoms with Crippen LogP contribution in [0.25, 0.3) is 99.6 Å². The minimum Gasteiger partial charge on any atom is -0.378 e. The van der Waals surface area contributed by atoms with Gasteiger partial charge in [-0.1, -0.05) is 180 Å². The van der Waals surface area contributed by atoms with Crippen molar-refractivity contribution in [1.29, 1.82) is 0 Å². The zero-order chi connectivity index (χ0) is 72.5. The van der Waals surface area contributed by atoms with Crippen LogP contribution >= 0.6 is 15.9 Å². The standard InChI is InChI=1S/2C29H24FN3O2.C23H21N3O.C7H6BrF/c30-23-11-8-20(9-12-23)19-33-27-13-10-22(29(34)32-14-16-35-17-15-32)18-26(27)31-28(33)25-7-3-5-21-4-1-2-6-24(21)25;30-23-11-8-20(9-12-23)19-33-27-18-22(29(34)32-14-16-35-17-15-32)10-13-26(27)31-28(33)25-7-3-5-21-4-1-2-6-24(21)25;27-23(26-13-4-1-5-14-26)17-11-12-20-21(15-17)25-22(24-20)19-10-6-8-16-7-2-3-9-18(16)19;8-5-6-1-3-7(9)4-2-6/h2*1-13,18H,14-17,19H2;2-3,6-12,15H,1,4-5,13-14H2,(H,24,25);1-4H,5H2. The first kappa shape index (κ1) is 70.1. The molecule has 0 unspecified atom stereocenters. The molecule has 0 radical (unpaired) electrons. The summed E-state index contributed by atoms with van der Waals surface area (Å²) < 4.78 is 54.4. The molecule has 3 aliphatic heterocycles. The number of likely N-dealkylation sites (tertiary alicyclic amines) is 1. The van der Waals surface area contributed by atoms with Gasteiger partial charge < -0.3 is 38.3 Å². The molecule has 12 aromatic carbocycles. The molecule has 3 aliphatic rings.